The minimum Gasteiger partial charge on any atom is -0.308 e. The predicted octanol–water partition coefficient (Wildman–Crippen LogP) is 3.82. The highest BCUT2D eigenvalue weighted by atomic mass is 19.1. The van der Waals surface area contributed by atoms with Crippen molar-refractivity contribution in [2.75, 3.05) is 6.54 Å². The summed E-state index contributed by atoms with van der Waals surface area (Å²) in [6.07, 6.45) is 4.64. The maximum atomic E-state index is 14.2. The Kier molecular flexibility index (Phi) is 3.53. The van der Waals surface area contributed by atoms with Gasteiger partial charge in [0.1, 0.15) is 5.82 Å². The number of hydrogen-bond acceptors (Lipinski definition) is 1. The van der Waals surface area contributed by atoms with Crippen LogP contribution in [0.1, 0.15) is 49.3 Å². The number of nitrogens with one attached hydrogen (secondary N) is 1. The summed E-state index contributed by atoms with van der Waals surface area (Å²) in [5, 5.41) is 3.54. The Morgan fingerprint density at radius 1 is 1.18 bits per heavy atom. The van der Waals surface area contributed by atoms with Gasteiger partial charge in [0.15, 0.2) is 0 Å². The molecular formula is C15H22FN. The number of aryl methyl sites for hydroxylation is 2. The molecule has 1 aliphatic heterocycles. The Bertz CT molecular complexity index is 380. The van der Waals surface area contributed by atoms with Gasteiger partial charge >= 0.3 is 0 Å². The average Bonchev–Trinajstić information content (AvgIpc) is 2.41. The van der Waals surface area contributed by atoms with Crippen LogP contribution in [-0.2, 0) is 5.54 Å². The molecule has 0 aliphatic carbocycles. The maximum absolute atomic E-state index is 14.2. The van der Waals surface area contributed by atoms with E-state index in [4.69, 9.17) is 0 Å². The SMILES string of the molecule is Cc1cc(C)c(C2(C)CCCCCN2)c(F)c1. The van der Waals surface area contributed by atoms with Crippen LogP contribution < -0.4 is 5.32 Å². The van der Waals surface area contributed by atoms with Gasteiger partial charge in [0.25, 0.3) is 0 Å². The van der Waals surface area contributed by atoms with Crippen LogP contribution in [0.15, 0.2) is 12.1 Å². The van der Waals surface area contributed by atoms with Gasteiger partial charge in [0.2, 0.25) is 0 Å². The quantitative estimate of drug-likeness (QED) is 0.780. The van der Waals surface area contributed by atoms with Crippen LogP contribution in [0.25, 0.3) is 0 Å². The molecule has 0 amide bonds. The molecule has 1 aromatic carbocycles. The predicted molar refractivity (Wildman–Crippen MR) is 69.7 cm³/mol. The van der Waals surface area contributed by atoms with Crippen LogP contribution >= 0.6 is 0 Å². The zero-order valence-corrected chi connectivity index (χ0v) is 11.1. The van der Waals surface area contributed by atoms with E-state index in [1.165, 1.54) is 19.3 Å². The van der Waals surface area contributed by atoms with Crippen molar-refractivity contribution < 1.29 is 4.39 Å². The van der Waals surface area contributed by atoms with Crippen molar-refractivity contribution >= 4 is 0 Å². The lowest BCUT2D eigenvalue weighted by atomic mass is 9.84. The second-order valence-electron chi connectivity index (χ2n) is 5.51. The summed E-state index contributed by atoms with van der Waals surface area (Å²) in [5.41, 5.74) is 2.74. The van der Waals surface area contributed by atoms with E-state index in [0.29, 0.717) is 0 Å². The van der Waals surface area contributed by atoms with Gasteiger partial charge in [-0.3, -0.25) is 0 Å². The van der Waals surface area contributed by atoms with Crippen molar-refractivity contribution in [1.82, 2.24) is 5.32 Å². The molecule has 2 heteroatoms. The van der Waals surface area contributed by atoms with Crippen molar-refractivity contribution in [2.45, 2.75) is 52.0 Å². The third kappa shape index (κ3) is 2.52. The third-order valence-corrected chi connectivity index (χ3v) is 3.85. The van der Waals surface area contributed by atoms with Gasteiger partial charge in [0, 0.05) is 11.1 Å². The monoisotopic (exact) mass is 235 g/mol. The van der Waals surface area contributed by atoms with Crippen molar-refractivity contribution in [3.63, 3.8) is 0 Å². The summed E-state index contributed by atoms with van der Waals surface area (Å²) in [6.45, 7) is 7.09. The first kappa shape index (κ1) is 12.6. The van der Waals surface area contributed by atoms with E-state index in [1.54, 1.807) is 6.07 Å². The summed E-state index contributed by atoms with van der Waals surface area (Å²) in [4.78, 5) is 0. The molecule has 1 nitrogen and oxygen atoms in total. The molecule has 1 unspecified atom stereocenters. The molecule has 0 radical (unpaired) electrons. The Labute approximate surface area is 103 Å². The van der Waals surface area contributed by atoms with E-state index < -0.39 is 0 Å². The van der Waals surface area contributed by atoms with Gasteiger partial charge in [0.05, 0.1) is 0 Å². The first-order valence-corrected chi connectivity index (χ1v) is 6.55. The lowest BCUT2D eigenvalue weighted by molar-refractivity contribution is 0.343. The molecule has 1 heterocycles. The molecule has 1 saturated heterocycles. The van der Waals surface area contributed by atoms with E-state index in [-0.39, 0.29) is 11.4 Å². The molecule has 1 aromatic rings. The summed E-state index contributed by atoms with van der Waals surface area (Å²) in [6, 6.07) is 3.73. The smallest absolute Gasteiger partial charge is 0.128 e. The van der Waals surface area contributed by atoms with Gasteiger partial charge in [-0.1, -0.05) is 18.9 Å². The molecule has 0 aromatic heterocycles. The fourth-order valence-corrected chi connectivity index (χ4v) is 3.06. The van der Waals surface area contributed by atoms with Gasteiger partial charge in [-0.25, -0.2) is 4.39 Å². The molecule has 1 fully saturated rings. The van der Waals surface area contributed by atoms with Crippen LogP contribution in [0.5, 0.6) is 0 Å². The normalized spacial score (nSPS) is 25.6. The first-order chi connectivity index (χ1) is 8.03. The molecule has 17 heavy (non-hydrogen) atoms. The van der Waals surface area contributed by atoms with Crippen LogP contribution in [-0.4, -0.2) is 6.54 Å². The number of halogens is 1. The topological polar surface area (TPSA) is 12.0 Å². The molecule has 0 spiro atoms. The van der Waals surface area contributed by atoms with Gasteiger partial charge in [-0.05, 0) is 57.4 Å². The van der Waals surface area contributed by atoms with Crippen molar-refractivity contribution in [3.8, 4) is 0 Å². The van der Waals surface area contributed by atoms with Crippen LogP contribution in [0.2, 0.25) is 0 Å². The lowest BCUT2D eigenvalue weighted by Gasteiger charge is -2.32. The Hall–Kier alpha value is -0.890. The number of hydrogen-bond donors (Lipinski definition) is 1. The van der Waals surface area contributed by atoms with Gasteiger partial charge < -0.3 is 5.32 Å². The maximum Gasteiger partial charge on any atom is 0.128 e. The van der Waals surface area contributed by atoms with Crippen molar-refractivity contribution in [2.24, 2.45) is 0 Å². The third-order valence-electron chi connectivity index (χ3n) is 3.85. The van der Waals surface area contributed by atoms with Crippen LogP contribution in [0.3, 0.4) is 0 Å². The molecular weight excluding hydrogens is 213 g/mol. The Morgan fingerprint density at radius 2 is 1.94 bits per heavy atom. The zero-order valence-electron chi connectivity index (χ0n) is 11.1. The Morgan fingerprint density at radius 3 is 2.65 bits per heavy atom. The largest absolute Gasteiger partial charge is 0.308 e. The Balaban J connectivity index is 2.44. The minimum atomic E-state index is -0.196. The summed E-state index contributed by atoms with van der Waals surface area (Å²) in [5.74, 6) is -0.0561. The van der Waals surface area contributed by atoms with E-state index in [1.807, 2.05) is 13.8 Å². The molecule has 0 bridgehead atoms. The number of benzene rings is 1. The van der Waals surface area contributed by atoms with E-state index in [9.17, 15) is 4.39 Å². The first-order valence-electron chi connectivity index (χ1n) is 6.55. The van der Waals surface area contributed by atoms with Gasteiger partial charge in [-0.15, -0.1) is 0 Å². The molecule has 0 saturated carbocycles. The average molecular weight is 235 g/mol. The number of rotatable bonds is 1. The van der Waals surface area contributed by atoms with Crippen molar-refractivity contribution in [1.29, 1.82) is 0 Å². The zero-order chi connectivity index (χ0) is 12.5. The molecule has 1 N–H and O–H groups in total. The summed E-state index contributed by atoms with van der Waals surface area (Å²) < 4.78 is 14.2. The summed E-state index contributed by atoms with van der Waals surface area (Å²) in [7, 11) is 0. The van der Waals surface area contributed by atoms with Crippen LogP contribution in [0, 0.1) is 19.7 Å². The molecule has 1 aliphatic rings. The van der Waals surface area contributed by atoms with E-state index in [2.05, 4.69) is 18.3 Å². The van der Waals surface area contributed by atoms with Gasteiger partial charge in [-0.2, -0.15) is 0 Å². The standard InChI is InChI=1S/C15H22FN/c1-11-9-12(2)14(13(16)10-11)15(3)7-5-4-6-8-17-15/h9-10,17H,4-8H2,1-3H3. The summed E-state index contributed by atoms with van der Waals surface area (Å²) >= 11 is 0. The minimum absolute atomic E-state index is 0.0561. The van der Waals surface area contributed by atoms with E-state index in [0.717, 1.165) is 29.7 Å². The highest BCUT2D eigenvalue weighted by Crippen LogP contribution is 2.33. The molecule has 1 atom stereocenters. The molecule has 94 valence electrons. The second kappa shape index (κ2) is 4.77. The highest BCUT2D eigenvalue weighted by molar-refractivity contribution is 5.37. The highest BCUT2D eigenvalue weighted by Gasteiger charge is 2.31. The second-order valence-corrected chi connectivity index (χ2v) is 5.51. The van der Waals surface area contributed by atoms with Crippen LogP contribution in [0.4, 0.5) is 4.39 Å². The molecule has 2 rings (SSSR count). The fourth-order valence-electron chi connectivity index (χ4n) is 3.06. The fraction of sp³-hybridized carbons (Fsp3) is 0.600. The lowest BCUT2D eigenvalue weighted by Crippen LogP contribution is -2.40. The van der Waals surface area contributed by atoms with Crippen molar-refractivity contribution in [3.05, 3.63) is 34.6 Å². The van der Waals surface area contributed by atoms with E-state index >= 15 is 0 Å².